The molecule has 3 heteroatoms. The minimum Gasteiger partial charge on any atom is -0.426 e. The Morgan fingerprint density at radius 2 is 1.79 bits per heavy atom. The second-order valence-electron chi connectivity index (χ2n) is 8.37. The van der Waals surface area contributed by atoms with Crippen molar-refractivity contribution in [2.24, 2.45) is 23.7 Å². The average molecular weight is 374 g/mol. The smallest absolute Gasteiger partial charge is 0.314 e. The number of fused-ring (bicyclic) bond motifs is 2. The molecule has 0 radical (unpaired) electrons. The molecule has 2 saturated carbocycles. The number of carbonyl (C=O) groups is 2. The summed E-state index contributed by atoms with van der Waals surface area (Å²) in [6.07, 6.45) is 6.60. The Kier molecular flexibility index (Phi) is 5.17. The third-order valence-electron chi connectivity index (χ3n) is 6.35. The van der Waals surface area contributed by atoms with Crippen molar-refractivity contribution in [1.82, 2.24) is 0 Å². The van der Waals surface area contributed by atoms with E-state index in [2.05, 4.69) is 6.92 Å². The molecule has 0 aromatic heterocycles. The van der Waals surface area contributed by atoms with Crippen molar-refractivity contribution >= 4 is 17.8 Å². The van der Waals surface area contributed by atoms with E-state index < -0.39 is 0 Å². The maximum atomic E-state index is 12.6. The molecule has 0 spiro atoms. The number of hydrogen-bond acceptors (Lipinski definition) is 3. The fraction of sp³-hybridized carbons (Fsp3) is 0.360. The lowest BCUT2D eigenvalue weighted by Gasteiger charge is -2.24. The summed E-state index contributed by atoms with van der Waals surface area (Å²) in [4.78, 5) is 25.1. The van der Waals surface area contributed by atoms with Crippen molar-refractivity contribution in [3.63, 3.8) is 0 Å². The molecule has 4 rings (SSSR count). The van der Waals surface area contributed by atoms with Gasteiger partial charge in [-0.15, -0.1) is 0 Å². The number of ketones is 1. The fourth-order valence-electron chi connectivity index (χ4n) is 4.70. The molecule has 2 aromatic rings. The molecule has 28 heavy (non-hydrogen) atoms. The van der Waals surface area contributed by atoms with E-state index in [1.165, 1.54) is 5.56 Å². The number of carbonyl (C=O) groups excluding carboxylic acids is 2. The first-order chi connectivity index (χ1) is 13.5. The van der Waals surface area contributed by atoms with Crippen molar-refractivity contribution in [1.29, 1.82) is 0 Å². The van der Waals surface area contributed by atoms with Gasteiger partial charge >= 0.3 is 5.97 Å². The molecule has 2 bridgehead atoms. The van der Waals surface area contributed by atoms with Crippen LogP contribution < -0.4 is 4.74 Å². The van der Waals surface area contributed by atoms with E-state index in [4.69, 9.17) is 4.74 Å². The maximum absolute atomic E-state index is 12.6. The van der Waals surface area contributed by atoms with E-state index in [0.717, 1.165) is 30.7 Å². The number of aryl methyl sites for hydroxylation is 1. The topological polar surface area (TPSA) is 43.4 Å². The van der Waals surface area contributed by atoms with Crippen LogP contribution in [-0.2, 0) is 4.79 Å². The lowest BCUT2D eigenvalue weighted by atomic mass is 9.83. The predicted molar refractivity (Wildman–Crippen MR) is 110 cm³/mol. The van der Waals surface area contributed by atoms with Gasteiger partial charge in [0.15, 0.2) is 5.78 Å². The zero-order chi connectivity index (χ0) is 19.7. The zero-order valence-corrected chi connectivity index (χ0v) is 16.4. The van der Waals surface area contributed by atoms with Crippen LogP contribution in [0.3, 0.4) is 0 Å². The molecule has 0 heterocycles. The van der Waals surface area contributed by atoms with Gasteiger partial charge in [-0.2, -0.15) is 0 Å². The van der Waals surface area contributed by atoms with Crippen molar-refractivity contribution < 1.29 is 14.3 Å². The van der Waals surface area contributed by atoms with Gasteiger partial charge in [0.1, 0.15) is 5.75 Å². The van der Waals surface area contributed by atoms with Crippen LogP contribution in [-0.4, -0.2) is 11.8 Å². The van der Waals surface area contributed by atoms with Crippen LogP contribution in [0.5, 0.6) is 5.75 Å². The summed E-state index contributed by atoms with van der Waals surface area (Å²) < 4.78 is 5.64. The number of benzene rings is 2. The molecule has 0 saturated heterocycles. The standard InChI is InChI=1S/C25H26O3/c1-16-6-8-18(9-7-16)10-11-24(26)19-4-3-5-22(14-19)28-25(27)23-15-20-13-21(23)12-17(20)2/h3-11,14,17,20-21,23H,12-13,15H2,1-2H3/b11-10+. The fourth-order valence-corrected chi connectivity index (χ4v) is 4.70. The molecule has 2 aromatic carbocycles. The molecule has 4 unspecified atom stereocenters. The lowest BCUT2D eigenvalue weighted by Crippen LogP contribution is -2.27. The van der Waals surface area contributed by atoms with E-state index in [0.29, 0.717) is 23.1 Å². The first-order valence-electron chi connectivity index (χ1n) is 10.1. The van der Waals surface area contributed by atoms with Crippen LogP contribution in [0.2, 0.25) is 0 Å². The summed E-state index contributed by atoms with van der Waals surface area (Å²) in [6.45, 7) is 4.31. The largest absolute Gasteiger partial charge is 0.426 e. The highest BCUT2D eigenvalue weighted by Crippen LogP contribution is 2.51. The van der Waals surface area contributed by atoms with E-state index in [1.54, 1.807) is 36.4 Å². The van der Waals surface area contributed by atoms with Gasteiger partial charge in [0.2, 0.25) is 0 Å². The first kappa shape index (κ1) is 18.7. The molecule has 2 aliphatic rings. The van der Waals surface area contributed by atoms with Gasteiger partial charge in [0.05, 0.1) is 5.92 Å². The normalized spacial score (nSPS) is 25.9. The van der Waals surface area contributed by atoms with Gasteiger partial charge < -0.3 is 4.74 Å². The minimum absolute atomic E-state index is 0.0157. The number of esters is 1. The van der Waals surface area contributed by atoms with Gasteiger partial charge in [-0.1, -0.05) is 55.0 Å². The maximum Gasteiger partial charge on any atom is 0.314 e. The highest BCUT2D eigenvalue weighted by atomic mass is 16.5. The molecule has 0 amide bonds. The Balaban J connectivity index is 1.40. The molecule has 3 nitrogen and oxygen atoms in total. The number of ether oxygens (including phenoxy) is 1. The van der Waals surface area contributed by atoms with E-state index >= 15 is 0 Å². The third kappa shape index (κ3) is 3.94. The first-order valence-corrected chi connectivity index (χ1v) is 10.1. The summed E-state index contributed by atoms with van der Waals surface area (Å²) in [5.74, 6) is 2.09. The summed E-state index contributed by atoms with van der Waals surface area (Å²) in [7, 11) is 0. The molecule has 2 aliphatic carbocycles. The Morgan fingerprint density at radius 1 is 1.00 bits per heavy atom. The van der Waals surface area contributed by atoms with E-state index in [-0.39, 0.29) is 17.7 Å². The van der Waals surface area contributed by atoms with Crippen molar-refractivity contribution in [3.8, 4) is 5.75 Å². The van der Waals surface area contributed by atoms with Gasteiger partial charge in [-0.25, -0.2) is 0 Å². The van der Waals surface area contributed by atoms with Gasteiger partial charge in [0.25, 0.3) is 0 Å². The summed E-state index contributed by atoms with van der Waals surface area (Å²) >= 11 is 0. The average Bonchev–Trinajstić information content (AvgIpc) is 3.27. The second-order valence-corrected chi connectivity index (χ2v) is 8.37. The number of hydrogen-bond donors (Lipinski definition) is 0. The monoisotopic (exact) mass is 374 g/mol. The predicted octanol–water partition coefficient (Wildman–Crippen LogP) is 5.48. The third-order valence-corrected chi connectivity index (χ3v) is 6.35. The zero-order valence-electron chi connectivity index (χ0n) is 16.4. The summed E-state index contributed by atoms with van der Waals surface area (Å²) in [6, 6.07) is 14.9. The Hall–Kier alpha value is -2.68. The van der Waals surface area contributed by atoms with Crippen LogP contribution in [0.15, 0.2) is 54.6 Å². The molecular weight excluding hydrogens is 348 g/mol. The van der Waals surface area contributed by atoms with Crippen LogP contribution in [0.25, 0.3) is 6.08 Å². The highest BCUT2D eigenvalue weighted by Gasteiger charge is 2.47. The van der Waals surface area contributed by atoms with Crippen LogP contribution in [0.4, 0.5) is 0 Å². The number of rotatable bonds is 5. The van der Waals surface area contributed by atoms with E-state index in [9.17, 15) is 9.59 Å². The Bertz CT molecular complexity index is 908. The van der Waals surface area contributed by atoms with Crippen molar-refractivity contribution in [3.05, 3.63) is 71.3 Å². The molecular formula is C25H26O3. The van der Waals surface area contributed by atoms with Gasteiger partial charge in [0, 0.05) is 5.56 Å². The quantitative estimate of drug-likeness (QED) is 0.301. The highest BCUT2D eigenvalue weighted by molar-refractivity contribution is 6.07. The summed E-state index contributed by atoms with van der Waals surface area (Å²) in [5.41, 5.74) is 2.69. The lowest BCUT2D eigenvalue weighted by molar-refractivity contribution is -0.140. The van der Waals surface area contributed by atoms with Crippen LogP contribution in [0.1, 0.15) is 47.7 Å². The Labute approximate surface area is 166 Å². The van der Waals surface area contributed by atoms with Crippen LogP contribution in [0, 0.1) is 30.6 Å². The van der Waals surface area contributed by atoms with Crippen molar-refractivity contribution in [2.45, 2.75) is 33.1 Å². The molecule has 2 fully saturated rings. The molecule has 0 N–H and O–H groups in total. The minimum atomic E-state index is -0.140. The molecule has 4 atom stereocenters. The van der Waals surface area contributed by atoms with E-state index in [1.807, 2.05) is 31.2 Å². The van der Waals surface area contributed by atoms with Gasteiger partial charge in [-0.05, 0) is 67.7 Å². The second kappa shape index (κ2) is 7.75. The van der Waals surface area contributed by atoms with Crippen molar-refractivity contribution in [2.75, 3.05) is 0 Å². The Morgan fingerprint density at radius 3 is 2.46 bits per heavy atom. The molecule has 0 aliphatic heterocycles. The van der Waals surface area contributed by atoms with Gasteiger partial charge in [-0.3, -0.25) is 9.59 Å². The number of allylic oxidation sites excluding steroid dienone is 1. The summed E-state index contributed by atoms with van der Waals surface area (Å²) in [5, 5.41) is 0. The molecule has 144 valence electrons. The van der Waals surface area contributed by atoms with Crippen LogP contribution >= 0.6 is 0 Å². The SMILES string of the molecule is Cc1ccc(/C=C/C(=O)c2cccc(OC(=O)C3CC4CC3CC4C)c2)cc1.